The first-order chi connectivity index (χ1) is 15.6. The number of carbonyl (C=O) groups is 1. The van der Waals surface area contributed by atoms with Gasteiger partial charge in [-0.05, 0) is 36.8 Å². The molecule has 1 aliphatic heterocycles. The number of carbonyl (C=O) groups excluding carboxylic acids is 1. The van der Waals surface area contributed by atoms with Crippen LogP contribution in [-0.2, 0) is 4.79 Å². The number of nitrogens with one attached hydrogen (secondary N) is 2. The summed E-state index contributed by atoms with van der Waals surface area (Å²) in [6.07, 6.45) is 3.19. The number of amides is 1. The van der Waals surface area contributed by atoms with Gasteiger partial charge in [-0.25, -0.2) is 4.98 Å². The van der Waals surface area contributed by atoms with Crippen LogP contribution in [0.1, 0.15) is 19.8 Å². The molecule has 1 saturated heterocycles. The van der Waals surface area contributed by atoms with E-state index in [1.54, 1.807) is 27.5 Å². The quantitative estimate of drug-likeness (QED) is 0.557. The van der Waals surface area contributed by atoms with Crippen molar-refractivity contribution >= 4 is 22.6 Å². The minimum atomic E-state index is 0.106. The van der Waals surface area contributed by atoms with Gasteiger partial charge in [0.15, 0.2) is 11.5 Å². The van der Waals surface area contributed by atoms with E-state index in [-0.39, 0.29) is 17.9 Å². The van der Waals surface area contributed by atoms with E-state index in [9.17, 15) is 4.79 Å². The Morgan fingerprint density at radius 1 is 1.12 bits per heavy atom. The molecule has 0 unspecified atom stereocenters. The number of benzene rings is 1. The third-order valence-electron chi connectivity index (χ3n) is 5.89. The molecule has 8 nitrogen and oxygen atoms in total. The molecule has 0 bridgehead atoms. The summed E-state index contributed by atoms with van der Waals surface area (Å²) in [6.45, 7) is 2.73. The van der Waals surface area contributed by atoms with Gasteiger partial charge in [-0.15, -0.1) is 0 Å². The molecule has 1 amide bonds. The number of anilines is 1. The molecule has 168 valence electrons. The van der Waals surface area contributed by atoms with Crippen LogP contribution in [0.2, 0.25) is 0 Å². The van der Waals surface area contributed by atoms with Gasteiger partial charge in [0.1, 0.15) is 5.82 Å². The first-order valence-corrected chi connectivity index (χ1v) is 10.7. The minimum Gasteiger partial charge on any atom is -0.493 e. The Hall–Kier alpha value is -3.55. The van der Waals surface area contributed by atoms with Crippen LogP contribution in [0, 0.1) is 5.92 Å². The van der Waals surface area contributed by atoms with Crippen LogP contribution < -0.4 is 24.8 Å². The second kappa shape index (κ2) is 9.30. The van der Waals surface area contributed by atoms with E-state index in [1.165, 1.54) is 0 Å². The predicted molar refractivity (Wildman–Crippen MR) is 123 cm³/mol. The van der Waals surface area contributed by atoms with Gasteiger partial charge in [0.05, 0.1) is 32.5 Å². The van der Waals surface area contributed by atoms with Gasteiger partial charge in [-0.1, -0.05) is 6.92 Å². The van der Waals surface area contributed by atoms with Crippen LogP contribution in [0.3, 0.4) is 0 Å². The standard InChI is InChI=1S/C24H28N4O4/c1-5-17-15(11-22(29)27-17)13-26-24-16-7-6-8-25-19(16)12-18(28-24)14-9-20(30-2)23(32-4)21(10-14)31-3/h6-10,12,15,17H,5,11,13H2,1-4H3,(H,26,28)(H,27,29)/t15-,17-/m1/s1. The van der Waals surface area contributed by atoms with Crippen LogP contribution in [0.4, 0.5) is 5.82 Å². The Morgan fingerprint density at radius 3 is 2.53 bits per heavy atom. The average molecular weight is 437 g/mol. The van der Waals surface area contributed by atoms with Crippen LogP contribution in [0.5, 0.6) is 17.2 Å². The Kier molecular flexibility index (Phi) is 6.30. The van der Waals surface area contributed by atoms with Crippen molar-refractivity contribution in [3.05, 3.63) is 36.5 Å². The molecule has 1 fully saturated rings. The maximum Gasteiger partial charge on any atom is 0.220 e. The first-order valence-electron chi connectivity index (χ1n) is 10.7. The summed E-state index contributed by atoms with van der Waals surface area (Å²) < 4.78 is 16.4. The van der Waals surface area contributed by atoms with Gasteiger partial charge in [-0.3, -0.25) is 9.78 Å². The van der Waals surface area contributed by atoms with Crippen LogP contribution in [0.15, 0.2) is 36.5 Å². The Bertz CT molecular complexity index is 1110. The normalized spacial score (nSPS) is 17.8. The number of nitrogens with zero attached hydrogens (tertiary/aromatic N) is 2. The number of hydrogen-bond donors (Lipinski definition) is 2. The van der Waals surface area contributed by atoms with Gasteiger partial charge in [0, 0.05) is 42.1 Å². The number of methoxy groups -OCH3 is 3. The Morgan fingerprint density at radius 2 is 1.88 bits per heavy atom. The molecule has 3 aromatic rings. The number of rotatable bonds is 8. The lowest BCUT2D eigenvalue weighted by Crippen LogP contribution is -2.31. The summed E-state index contributed by atoms with van der Waals surface area (Å²) in [5.41, 5.74) is 2.37. The van der Waals surface area contributed by atoms with Crippen molar-refractivity contribution in [2.24, 2.45) is 5.92 Å². The third kappa shape index (κ3) is 4.12. The van der Waals surface area contributed by atoms with Crippen molar-refractivity contribution in [2.75, 3.05) is 33.2 Å². The molecule has 0 spiro atoms. The number of pyridine rings is 2. The number of hydrogen-bond acceptors (Lipinski definition) is 7. The van der Waals surface area contributed by atoms with Crippen molar-refractivity contribution in [3.8, 4) is 28.5 Å². The zero-order valence-electron chi connectivity index (χ0n) is 18.8. The fourth-order valence-electron chi connectivity index (χ4n) is 4.23. The predicted octanol–water partition coefficient (Wildman–Crippen LogP) is 3.65. The Balaban J connectivity index is 1.73. The van der Waals surface area contributed by atoms with Gasteiger partial charge in [0.2, 0.25) is 11.7 Å². The molecule has 1 aliphatic rings. The molecule has 8 heteroatoms. The molecule has 1 aromatic carbocycles. The molecule has 2 atom stereocenters. The lowest BCUT2D eigenvalue weighted by Gasteiger charge is -2.19. The van der Waals surface area contributed by atoms with E-state index in [0.29, 0.717) is 30.2 Å². The highest BCUT2D eigenvalue weighted by atomic mass is 16.5. The highest BCUT2D eigenvalue weighted by molar-refractivity contribution is 5.92. The van der Waals surface area contributed by atoms with Crippen LogP contribution in [0.25, 0.3) is 22.2 Å². The SMILES string of the molecule is CC[C@H]1NC(=O)C[C@@H]1CNc1nc(-c2cc(OC)c(OC)c(OC)c2)cc2ncccc12. The van der Waals surface area contributed by atoms with E-state index >= 15 is 0 Å². The lowest BCUT2D eigenvalue weighted by molar-refractivity contribution is -0.119. The zero-order valence-corrected chi connectivity index (χ0v) is 18.8. The maximum atomic E-state index is 11.9. The summed E-state index contributed by atoms with van der Waals surface area (Å²) in [7, 11) is 4.75. The minimum absolute atomic E-state index is 0.106. The summed E-state index contributed by atoms with van der Waals surface area (Å²) in [4.78, 5) is 21.3. The topological polar surface area (TPSA) is 94.6 Å². The first kappa shape index (κ1) is 21.7. The largest absolute Gasteiger partial charge is 0.493 e. The third-order valence-corrected chi connectivity index (χ3v) is 5.89. The maximum absolute atomic E-state index is 11.9. The molecular weight excluding hydrogens is 408 g/mol. The lowest BCUT2D eigenvalue weighted by atomic mass is 9.98. The molecule has 0 aliphatic carbocycles. The number of fused-ring (bicyclic) bond motifs is 1. The van der Waals surface area contributed by atoms with Crippen molar-refractivity contribution < 1.29 is 19.0 Å². The summed E-state index contributed by atoms with van der Waals surface area (Å²) in [5, 5.41) is 7.45. The van der Waals surface area contributed by atoms with E-state index in [4.69, 9.17) is 19.2 Å². The van der Waals surface area contributed by atoms with E-state index < -0.39 is 0 Å². The fraction of sp³-hybridized carbons (Fsp3) is 0.375. The molecule has 2 N–H and O–H groups in total. The van der Waals surface area contributed by atoms with Gasteiger partial charge in [-0.2, -0.15) is 0 Å². The summed E-state index contributed by atoms with van der Waals surface area (Å²) >= 11 is 0. The summed E-state index contributed by atoms with van der Waals surface area (Å²) in [5.74, 6) is 2.69. The smallest absolute Gasteiger partial charge is 0.220 e. The monoisotopic (exact) mass is 436 g/mol. The number of ether oxygens (including phenoxy) is 3. The molecule has 2 aromatic heterocycles. The van der Waals surface area contributed by atoms with E-state index in [1.807, 2.05) is 30.3 Å². The second-order valence-electron chi connectivity index (χ2n) is 7.77. The van der Waals surface area contributed by atoms with E-state index in [2.05, 4.69) is 22.5 Å². The molecule has 3 heterocycles. The zero-order chi connectivity index (χ0) is 22.7. The van der Waals surface area contributed by atoms with Gasteiger partial charge in [0.25, 0.3) is 0 Å². The van der Waals surface area contributed by atoms with Crippen molar-refractivity contribution in [1.82, 2.24) is 15.3 Å². The molecule has 4 rings (SSSR count). The molecule has 0 radical (unpaired) electrons. The number of aromatic nitrogens is 2. The molecular formula is C24H28N4O4. The highest BCUT2D eigenvalue weighted by Gasteiger charge is 2.30. The van der Waals surface area contributed by atoms with Crippen molar-refractivity contribution in [1.29, 1.82) is 0 Å². The molecule has 0 saturated carbocycles. The van der Waals surface area contributed by atoms with Gasteiger partial charge < -0.3 is 24.8 Å². The van der Waals surface area contributed by atoms with E-state index in [0.717, 1.165) is 34.4 Å². The van der Waals surface area contributed by atoms with Crippen molar-refractivity contribution in [2.45, 2.75) is 25.8 Å². The fourth-order valence-corrected chi connectivity index (χ4v) is 4.23. The van der Waals surface area contributed by atoms with Crippen molar-refractivity contribution in [3.63, 3.8) is 0 Å². The van der Waals surface area contributed by atoms with Crippen LogP contribution in [-0.4, -0.2) is 49.8 Å². The average Bonchev–Trinajstić information content (AvgIpc) is 3.20. The summed E-state index contributed by atoms with van der Waals surface area (Å²) in [6, 6.07) is 9.74. The second-order valence-corrected chi connectivity index (χ2v) is 7.77. The van der Waals surface area contributed by atoms with Crippen LogP contribution >= 0.6 is 0 Å². The highest BCUT2D eigenvalue weighted by Crippen LogP contribution is 2.41. The molecule has 32 heavy (non-hydrogen) atoms. The Labute approximate surface area is 187 Å². The van der Waals surface area contributed by atoms with Gasteiger partial charge >= 0.3 is 0 Å².